The van der Waals surface area contributed by atoms with Gasteiger partial charge in [0.05, 0.1) is 11.0 Å². The quantitative estimate of drug-likeness (QED) is 0.793. The van der Waals surface area contributed by atoms with E-state index in [1.165, 1.54) is 4.57 Å². The van der Waals surface area contributed by atoms with E-state index >= 15 is 0 Å². The van der Waals surface area contributed by atoms with E-state index in [1.807, 2.05) is 0 Å². The molecule has 0 bridgehead atoms. The summed E-state index contributed by atoms with van der Waals surface area (Å²) in [4.78, 5) is 25.6. The molecule has 17 heavy (non-hydrogen) atoms. The number of benzene rings is 1. The normalized spacial score (nSPS) is 10.9. The van der Waals surface area contributed by atoms with Gasteiger partial charge in [-0.2, -0.15) is 0 Å². The van der Waals surface area contributed by atoms with Crippen molar-refractivity contribution < 1.29 is 5.11 Å². The van der Waals surface area contributed by atoms with Crippen LogP contribution in [0, 0.1) is 0 Å². The molecule has 0 amide bonds. The summed E-state index contributed by atoms with van der Waals surface area (Å²) >= 11 is 5.82. The fourth-order valence-electron chi connectivity index (χ4n) is 1.70. The van der Waals surface area contributed by atoms with Gasteiger partial charge in [0.25, 0.3) is 0 Å². The lowest BCUT2D eigenvalue weighted by Crippen LogP contribution is -2.36. The van der Waals surface area contributed by atoms with E-state index in [1.54, 1.807) is 18.2 Å². The fraction of sp³-hybridized carbons (Fsp3) is 0.273. The number of fused-ring (bicyclic) bond motifs is 1. The van der Waals surface area contributed by atoms with Gasteiger partial charge < -0.3 is 14.7 Å². The van der Waals surface area contributed by atoms with E-state index in [-0.39, 0.29) is 6.61 Å². The molecule has 0 radical (unpaired) electrons. The summed E-state index contributed by atoms with van der Waals surface area (Å²) in [5.74, 6) is 0. The zero-order valence-corrected chi connectivity index (χ0v) is 9.70. The summed E-state index contributed by atoms with van der Waals surface area (Å²) in [5, 5.41) is 9.27. The third-order valence-electron chi connectivity index (χ3n) is 2.48. The van der Waals surface area contributed by atoms with Crippen LogP contribution in [-0.2, 0) is 6.54 Å². The maximum Gasteiger partial charge on any atom is 0.316 e. The second kappa shape index (κ2) is 4.73. The molecular formula is C11H11ClN2O3. The third-order valence-corrected chi connectivity index (χ3v) is 2.71. The molecule has 0 aliphatic carbocycles. The van der Waals surface area contributed by atoms with Crippen LogP contribution in [0.5, 0.6) is 0 Å². The molecule has 90 valence electrons. The lowest BCUT2D eigenvalue weighted by Gasteiger charge is -2.08. The molecule has 5 nitrogen and oxygen atoms in total. The maximum absolute atomic E-state index is 11.7. The highest BCUT2D eigenvalue weighted by Crippen LogP contribution is 2.15. The van der Waals surface area contributed by atoms with Crippen molar-refractivity contribution in [3.05, 3.63) is 43.9 Å². The van der Waals surface area contributed by atoms with Gasteiger partial charge in [0.2, 0.25) is 0 Å². The molecule has 0 aliphatic heterocycles. The Kier molecular flexibility index (Phi) is 3.31. The number of rotatable bonds is 3. The average Bonchev–Trinajstić information content (AvgIpc) is 2.30. The highest BCUT2D eigenvalue weighted by atomic mass is 35.5. The van der Waals surface area contributed by atoms with Crippen molar-refractivity contribution in [2.24, 2.45) is 0 Å². The lowest BCUT2D eigenvalue weighted by molar-refractivity contribution is 0.280. The van der Waals surface area contributed by atoms with Crippen molar-refractivity contribution in [1.29, 1.82) is 0 Å². The van der Waals surface area contributed by atoms with E-state index in [9.17, 15) is 9.59 Å². The Hall–Kier alpha value is -1.59. The Bertz CT molecular complexity index is 660. The number of H-pyrrole nitrogens is 1. The number of hydrogen-bond donors (Lipinski definition) is 2. The number of nitrogens with zero attached hydrogens (tertiary/aromatic N) is 1. The molecule has 0 fully saturated rings. The van der Waals surface area contributed by atoms with Gasteiger partial charge >= 0.3 is 11.1 Å². The maximum atomic E-state index is 11.7. The summed E-state index contributed by atoms with van der Waals surface area (Å²) < 4.78 is 1.35. The van der Waals surface area contributed by atoms with Crippen molar-refractivity contribution in [2.45, 2.75) is 13.0 Å². The molecule has 2 aromatic rings. The summed E-state index contributed by atoms with van der Waals surface area (Å²) in [5.41, 5.74) is -0.182. The molecule has 0 spiro atoms. The molecule has 1 heterocycles. The van der Waals surface area contributed by atoms with Crippen molar-refractivity contribution in [1.82, 2.24) is 9.55 Å². The van der Waals surface area contributed by atoms with Gasteiger partial charge in [0, 0.05) is 18.2 Å². The van der Waals surface area contributed by atoms with Gasteiger partial charge in [0.1, 0.15) is 0 Å². The molecule has 0 saturated heterocycles. The molecule has 2 rings (SSSR count). The number of aromatic amines is 1. The minimum atomic E-state index is -0.683. The summed E-state index contributed by atoms with van der Waals surface area (Å²) in [6.07, 6.45) is 0.418. The molecule has 0 atom stereocenters. The zero-order valence-electron chi connectivity index (χ0n) is 8.94. The highest BCUT2D eigenvalue weighted by molar-refractivity contribution is 6.31. The molecule has 1 aromatic heterocycles. The molecule has 1 aromatic carbocycles. The van der Waals surface area contributed by atoms with Crippen molar-refractivity contribution >= 4 is 22.6 Å². The Morgan fingerprint density at radius 3 is 2.82 bits per heavy atom. The number of nitrogens with one attached hydrogen (secondary N) is 1. The summed E-state index contributed by atoms with van der Waals surface area (Å²) in [6, 6.07) is 4.91. The summed E-state index contributed by atoms with van der Waals surface area (Å²) in [7, 11) is 0. The van der Waals surface area contributed by atoms with Gasteiger partial charge in [-0.25, -0.2) is 0 Å². The number of aliphatic hydroxyl groups excluding tert-OH is 1. The van der Waals surface area contributed by atoms with Crippen LogP contribution in [0.4, 0.5) is 0 Å². The van der Waals surface area contributed by atoms with Crippen LogP contribution in [0.25, 0.3) is 11.0 Å². The Morgan fingerprint density at radius 1 is 1.35 bits per heavy atom. The fourth-order valence-corrected chi connectivity index (χ4v) is 1.87. The van der Waals surface area contributed by atoms with Crippen LogP contribution in [0.15, 0.2) is 27.8 Å². The Balaban J connectivity index is 2.73. The van der Waals surface area contributed by atoms with Crippen LogP contribution in [0.1, 0.15) is 6.42 Å². The van der Waals surface area contributed by atoms with Crippen LogP contribution in [0.3, 0.4) is 0 Å². The Labute approximate surface area is 101 Å². The number of hydrogen-bond acceptors (Lipinski definition) is 3. The van der Waals surface area contributed by atoms with E-state index in [4.69, 9.17) is 16.7 Å². The van der Waals surface area contributed by atoms with E-state index in [2.05, 4.69) is 4.98 Å². The largest absolute Gasteiger partial charge is 0.396 e. The van der Waals surface area contributed by atoms with Crippen molar-refractivity contribution in [2.75, 3.05) is 6.61 Å². The molecular weight excluding hydrogens is 244 g/mol. The van der Waals surface area contributed by atoms with Gasteiger partial charge in [-0.1, -0.05) is 11.6 Å². The molecule has 2 N–H and O–H groups in total. The Morgan fingerprint density at radius 2 is 2.12 bits per heavy atom. The number of aromatic nitrogens is 2. The first-order chi connectivity index (χ1) is 8.13. The molecule has 0 aliphatic rings. The monoisotopic (exact) mass is 254 g/mol. The predicted octanol–water partition coefficient (Wildman–Crippen LogP) is 0.726. The predicted molar refractivity (Wildman–Crippen MR) is 65.5 cm³/mol. The number of aliphatic hydroxyl groups is 1. The first kappa shape index (κ1) is 11.9. The van der Waals surface area contributed by atoms with Gasteiger partial charge in [-0.3, -0.25) is 9.59 Å². The highest BCUT2D eigenvalue weighted by Gasteiger charge is 2.07. The smallest absolute Gasteiger partial charge is 0.316 e. The molecule has 0 unspecified atom stereocenters. The minimum absolute atomic E-state index is 0.0334. The molecule has 6 heteroatoms. The minimum Gasteiger partial charge on any atom is -0.396 e. The van der Waals surface area contributed by atoms with Crippen LogP contribution in [-0.4, -0.2) is 21.3 Å². The van der Waals surface area contributed by atoms with E-state index in [0.717, 1.165) is 0 Å². The first-order valence-electron chi connectivity index (χ1n) is 5.16. The van der Waals surface area contributed by atoms with Crippen molar-refractivity contribution in [3.63, 3.8) is 0 Å². The second-order valence-corrected chi connectivity index (χ2v) is 4.09. The van der Waals surface area contributed by atoms with Crippen LogP contribution >= 0.6 is 11.6 Å². The lowest BCUT2D eigenvalue weighted by atomic mass is 10.3. The van der Waals surface area contributed by atoms with Gasteiger partial charge in [-0.05, 0) is 24.6 Å². The van der Waals surface area contributed by atoms with Gasteiger partial charge in [0.15, 0.2) is 0 Å². The third kappa shape index (κ3) is 2.25. The number of aryl methyl sites for hydroxylation is 1. The standard InChI is InChI=1S/C11H11ClN2O3/c12-7-2-3-9-8(6-7)13-10(16)11(17)14(9)4-1-5-15/h2-3,6,15H,1,4-5H2,(H,13,16). The van der Waals surface area contributed by atoms with Gasteiger partial charge in [-0.15, -0.1) is 0 Å². The SMILES string of the molecule is O=c1[nH]c2cc(Cl)ccc2n(CCCO)c1=O. The summed E-state index contributed by atoms with van der Waals surface area (Å²) in [6.45, 7) is 0.270. The second-order valence-electron chi connectivity index (χ2n) is 3.65. The first-order valence-corrected chi connectivity index (χ1v) is 5.54. The zero-order chi connectivity index (χ0) is 12.4. The van der Waals surface area contributed by atoms with Crippen LogP contribution in [0.2, 0.25) is 5.02 Å². The number of halogens is 1. The van der Waals surface area contributed by atoms with Crippen LogP contribution < -0.4 is 11.1 Å². The average molecular weight is 255 g/mol. The molecule has 0 saturated carbocycles. The van der Waals surface area contributed by atoms with Crippen molar-refractivity contribution in [3.8, 4) is 0 Å². The topological polar surface area (TPSA) is 75.1 Å². The van der Waals surface area contributed by atoms with E-state index < -0.39 is 11.1 Å². The van der Waals surface area contributed by atoms with E-state index in [0.29, 0.717) is 29.0 Å².